The molecule has 20 heavy (non-hydrogen) atoms. The minimum absolute atomic E-state index is 0.0911. The normalized spacial score (nSPS) is 17.6. The highest BCUT2D eigenvalue weighted by molar-refractivity contribution is 6.01. The van der Waals surface area contributed by atoms with E-state index in [1.54, 1.807) is 12.4 Å². The zero-order valence-electron chi connectivity index (χ0n) is 11.0. The first-order valence-corrected chi connectivity index (χ1v) is 6.66. The summed E-state index contributed by atoms with van der Waals surface area (Å²) >= 11 is 0. The van der Waals surface area contributed by atoms with Gasteiger partial charge in [0.15, 0.2) is 5.78 Å². The minimum Gasteiger partial charge on any atom is -0.460 e. The van der Waals surface area contributed by atoms with Gasteiger partial charge in [-0.25, -0.2) is 0 Å². The maximum atomic E-state index is 12.2. The lowest BCUT2D eigenvalue weighted by Crippen LogP contribution is -2.22. The lowest BCUT2D eigenvalue weighted by molar-refractivity contribution is -0.147. The van der Waals surface area contributed by atoms with Crippen LogP contribution in [0.15, 0.2) is 42.7 Å². The molecule has 3 rings (SSSR count). The third-order valence-corrected chi connectivity index (χ3v) is 3.62. The molecule has 4 nitrogen and oxygen atoms in total. The van der Waals surface area contributed by atoms with E-state index in [9.17, 15) is 9.59 Å². The Bertz CT molecular complexity index is 630. The second-order valence-corrected chi connectivity index (χ2v) is 4.93. The van der Waals surface area contributed by atoms with Crippen molar-refractivity contribution in [1.29, 1.82) is 0 Å². The largest absolute Gasteiger partial charge is 0.460 e. The SMILES string of the molecule is O=C1CCC(C(=O)OCc2ccccc2)c2c[nH]cc21. The van der Waals surface area contributed by atoms with Crippen LogP contribution in [0.2, 0.25) is 0 Å². The van der Waals surface area contributed by atoms with Crippen LogP contribution in [0.1, 0.15) is 40.2 Å². The maximum absolute atomic E-state index is 12.2. The number of benzene rings is 1. The summed E-state index contributed by atoms with van der Waals surface area (Å²) in [6.07, 6.45) is 4.31. The van der Waals surface area contributed by atoms with Gasteiger partial charge in [0.1, 0.15) is 6.61 Å². The fourth-order valence-corrected chi connectivity index (χ4v) is 2.55. The number of fused-ring (bicyclic) bond motifs is 1. The van der Waals surface area contributed by atoms with Gasteiger partial charge in [0.05, 0.1) is 5.92 Å². The van der Waals surface area contributed by atoms with Crippen LogP contribution in [0.25, 0.3) is 0 Å². The summed E-state index contributed by atoms with van der Waals surface area (Å²) in [6.45, 7) is 0.268. The van der Waals surface area contributed by atoms with E-state index in [0.29, 0.717) is 18.4 Å². The predicted octanol–water partition coefficient (Wildman–Crippen LogP) is 2.82. The molecule has 1 aliphatic carbocycles. The van der Waals surface area contributed by atoms with Crippen molar-refractivity contribution in [2.45, 2.75) is 25.4 Å². The molecule has 2 aromatic rings. The second-order valence-electron chi connectivity index (χ2n) is 4.93. The van der Waals surface area contributed by atoms with E-state index < -0.39 is 0 Å². The number of hydrogen-bond acceptors (Lipinski definition) is 3. The number of ketones is 1. The number of H-pyrrole nitrogens is 1. The summed E-state index contributed by atoms with van der Waals surface area (Å²) in [5.41, 5.74) is 2.35. The van der Waals surface area contributed by atoms with Crippen molar-refractivity contribution >= 4 is 11.8 Å². The molecule has 1 aromatic carbocycles. The van der Waals surface area contributed by atoms with E-state index >= 15 is 0 Å². The number of carbonyl (C=O) groups is 2. The number of carbonyl (C=O) groups excluding carboxylic acids is 2. The van der Waals surface area contributed by atoms with E-state index in [2.05, 4.69) is 4.98 Å². The van der Waals surface area contributed by atoms with Crippen molar-refractivity contribution in [1.82, 2.24) is 4.98 Å². The first kappa shape index (κ1) is 12.7. The Morgan fingerprint density at radius 1 is 1.25 bits per heavy atom. The van der Waals surface area contributed by atoms with E-state index in [-0.39, 0.29) is 24.3 Å². The molecule has 0 saturated carbocycles. The van der Waals surface area contributed by atoms with E-state index in [0.717, 1.165) is 11.1 Å². The van der Waals surface area contributed by atoms with Crippen molar-refractivity contribution in [3.63, 3.8) is 0 Å². The highest BCUT2D eigenvalue weighted by Crippen LogP contribution is 2.32. The molecule has 0 amide bonds. The molecule has 1 aromatic heterocycles. The quantitative estimate of drug-likeness (QED) is 0.872. The highest BCUT2D eigenvalue weighted by atomic mass is 16.5. The molecular formula is C16H15NO3. The number of aromatic nitrogens is 1. The van der Waals surface area contributed by atoms with E-state index in [4.69, 9.17) is 4.74 Å². The zero-order chi connectivity index (χ0) is 13.9. The van der Waals surface area contributed by atoms with Crippen molar-refractivity contribution in [3.05, 3.63) is 59.4 Å². The molecule has 102 valence electrons. The number of nitrogens with one attached hydrogen (secondary N) is 1. The molecule has 0 saturated heterocycles. The van der Waals surface area contributed by atoms with Gasteiger partial charge in [0.25, 0.3) is 0 Å². The van der Waals surface area contributed by atoms with Gasteiger partial charge in [-0.15, -0.1) is 0 Å². The van der Waals surface area contributed by atoms with Crippen LogP contribution < -0.4 is 0 Å². The molecule has 1 atom stereocenters. The smallest absolute Gasteiger partial charge is 0.313 e. The van der Waals surface area contributed by atoms with Crippen molar-refractivity contribution in [3.8, 4) is 0 Å². The Morgan fingerprint density at radius 2 is 2.05 bits per heavy atom. The number of ether oxygens (including phenoxy) is 1. The van der Waals surface area contributed by atoms with Gasteiger partial charge in [0, 0.05) is 24.4 Å². The Kier molecular flexibility index (Phi) is 3.37. The molecule has 1 aliphatic rings. The standard InChI is InChI=1S/C16H15NO3/c18-15-7-6-12(13-8-17-9-14(13)15)16(19)20-10-11-4-2-1-3-5-11/h1-5,8-9,12,17H,6-7,10H2. The summed E-state index contributed by atoms with van der Waals surface area (Å²) in [6, 6.07) is 9.57. The zero-order valence-corrected chi connectivity index (χ0v) is 11.0. The molecular weight excluding hydrogens is 254 g/mol. The summed E-state index contributed by atoms with van der Waals surface area (Å²) in [4.78, 5) is 26.8. The van der Waals surface area contributed by atoms with Gasteiger partial charge in [-0.3, -0.25) is 9.59 Å². The summed E-state index contributed by atoms with van der Waals surface area (Å²) in [5.74, 6) is -0.506. The molecule has 0 bridgehead atoms. The van der Waals surface area contributed by atoms with Crippen LogP contribution in [-0.4, -0.2) is 16.7 Å². The van der Waals surface area contributed by atoms with Gasteiger partial charge in [-0.05, 0) is 17.5 Å². The van der Waals surface area contributed by atoms with Gasteiger partial charge >= 0.3 is 5.97 Å². The molecule has 4 heteroatoms. The molecule has 0 aliphatic heterocycles. The summed E-state index contributed by atoms with van der Waals surface area (Å²) in [5, 5.41) is 0. The number of esters is 1. The second kappa shape index (κ2) is 5.33. The number of Topliss-reactive ketones (excluding diaryl/α,β-unsaturated/α-hetero) is 1. The highest BCUT2D eigenvalue weighted by Gasteiger charge is 2.32. The van der Waals surface area contributed by atoms with Gasteiger partial charge in [-0.1, -0.05) is 30.3 Å². The molecule has 0 fully saturated rings. The Morgan fingerprint density at radius 3 is 2.85 bits per heavy atom. The Balaban J connectivity index is 1.70. The number of hydrogen-bond donors (Lipinski definition) is 1. The van der Waals surface area contributed by atoms with Crippen LogP contribution in [0, 0.1) is 0 Å². The third kappa shape index (κ3) is 2.37. The topological polar surface area (TPSA) is 59.2 Å². The van der Waals surface area contributed by atoms with Gasteiger partial charge in [-0.2, -0.15) is 0 Å². The molecule has 0 radical (unpaired) electrons. The van der Waals surface area contributed by atoms with Crippen molar-refractivity contribution < 1.29 is 14.3 Å². The van der Waals surface area contributed by atoms with Crippen LogP contribution in [0.3, 0.4) is 0 Å². The van der Waals surface area contributed by atoms with Crippen molar-refractivity contribution in [2.24, 2.45) is 0 Å². The number of aromatic amines is 1. The third-order valence-electron chi connectivity index (χ3n) is 3.62. The first-order chi connectivity index (χ1) is 9.75. The van der Waals surface area contributed by atoms with Crippen LogP contribution in [0.5, 0.6) is 0 Å². The van der Waals surface area contributed by atoms with Gasteiger partial charge in [0.2, 0.25) is 0 Å². The van der Waals surface area contributed by atoms with Crippen molar-refractivity contribution in [2.75, 3.05) is 0 Å². The average Bonchev–Trinajstić information content (AvgIpc) is 2.96. The molecule has 1 heterocycles. The minimum atomic E-state index is -0.335. The van der Waals surface area contributed by atoms with E-state index in [1.807, 2.05) is 30.3 Å². The van der Waals surface area contributed by atoms with Crippen LogP contribution >= 0.6 is 0 Å². The lowest BCUT2D eigenvalue weighted by Gasteiger charge is -2.20. The first-order valence-electron chi connectivity index (χ1n) is 6.66. The fourth-order valence-electron chi connectivity index (χ4n) is 2.55. The van der Waals surface area contributed by atoms with Crippen LogP contribution in [0.4, 0.5) is 0 Å². The fraction of sp³-hybridized carbons (Fsp3) is 0.250. The average molecular weight is 269 g/mol. The summed E-state index contributed by atoms with van der Waals surface area (Å²) < 4.78 is 5.36. The maximum Gasteiger partial charge on any atom is 0.313 e. The Labute approximate surface area is 116 Å². The Hall–Kier alpha value is -2.36. The summed E-state index contributed by atoms with van der Waals surface area (Å²) in [7, 11) is 0. The monoisotopic (exact) mass is 269 g/mol. The predicted molar refractivity (Wildman–Crippen MR) is 73.3 cm³/mol. The van der Waals surface area contributed by atoms with Crippen LogP contribution in [-0.2, 0) is 16.1 Å². The lowest BCUT2D eigenvalue weighted by atomic mass is 9.85. The molecule has 1 unspecified atom stereocenters. The van der Waals surface area contributed by atoms with E-state index in [1.165, 1.54) is 0 Å². The molecule has 0 spiro atoms. The van der Waals surface area contributed by atoms with Gasteiger partial charge < -0.3 is 9.72 Å². The molecule has 1 N–H and O–H groups in total. The number of rotatable bonds is 3.